The molecule has 0 heterocycles. The number of benzene rings is 1. The molecule has 2 heteroatoms. The highest BCUT2D eigenvalue weighted by Crippen LogP contribution is 2.09. The predicted octanol–water partition coefficient (Wildman–Crippen LogP) is 4.06. The fraction of sp³-hybridized carbons (Fsp3) is 0.462. The molecule has 0 saturated heterocycles. The van der Waals surface area contributed by atoms with Gasteiger partial charge in [-0.2, -0.15) is 0 Å². The Morgan fingerprint density at radius 2 is 1.67 bits per heavy atom. The number of Topliss-reactive ketones (excluding diaryl/α,β-unsaturated/α-hetero) is 1. The van der Waals surface area contributed by atoms with Crippen LogP contribution in [0.5, 0.6) is 0 Å². The van der Waals surface area contributed by atoms with Gasteiger partial charge in [0.05, 0.1) is 0 Å². The molecule has 0 radical (unpaired) electrons. The van der Waals surface area contributed by atoms with Crippen molar-refractivity contribution in [3.8, 4) is 0 Å². The van der Waals surface area contributed by atoms with Gasteiger partial charge in [0, 0.05) is 17.9 Å². The Bertz CT molecular complexity index is 282. The third-order valence-electron chi connectivity index (χ3n) is 2.38. The molecule has 0 fully saturated rings. The second kappa shape index (κ2) is 7.47. The summed E-state index contributed by atoms with van der Waals surface area (Å²) in [5, 5.41) is 0. The van der Waals surface area contributed by atoms with E-state index in [0.29, 0.717) is 6.42 Å². The molecular weight excluding hydrogens is 208 g/mol. The van der Waals surface area contributed by atoms with Gasteiger partial charge in [0.15, 0.2) is 5.78 Å². The van der Waals surface area contributed by atoms with Crippen molar-refractivity contribution >= 4 is 17.4 Å². The Balaban J connectivity index is 2.20. The second-order valence-electron chi connectivity index (χ2n) is 3.64. The van der Waals surface area contributed by atoms with Crippen molar-refractivity contribution in [3.05, 3.63) is 35.9 Å². The van der Waals surface area contributed by atoms with Crippen LogP contribution in [0.2, 0.25) is 0 Å². The number of carbonyl (C=O) groups is 1. The molecular formula is C13H17ClO. The minimum Gasteiger partial charge on any atom is -0.294 e. The Morgan fingerprint density at radius 3 is 2.33 bits per heavy atom. The quantitative estimate of drug-likeness (QED) is 0.388. The van der Waals surface area contributed by atoms with E-state index in [0.717, 1.165) is 37.1 Å². The molecule has 1 aromatic rings. The molecule has 0 N–H and O–H groups in total. The van der Waals surface area contributed by atoms with Gasteiger partial charge in [-0.1, -0.05) is 43.2 Å². The van der Waals surface area contributed by atoms with Crippen molar-refractivity contribution in [2.75, 3.05) is 5.88 Å². The largest absolute Gasteiger partial charge is 0.294 e. The van der Waals surface area contributed by atoms with Crippen molar-refractivity contribution in [2.45, 2.75) is 32.1 Å². The lowest BCUT2D eigenvalue weighted by molar-refractivity contribution is 0.0979. The smallest absolute Gasteiger partial charge is 0.162 e. The predicted molar refractivity (Wildman–Crippen MR) is 64.6 cm³/mol. The zero-order valence-electron chi connectivity index (χ0n) is 8.92. The van der Waals surface area contributed by atoms with Gasteiger partial charge in [0.1, 0.15) is 0 Å². The van der Waals surface area contributed by atoms with E-state index in [1.54, 1.807) is 0 Å². The summed E-state index contributed by atoms with van der Waals surface area (Å²) < 4.78 is 0. The third-order valence-corrected chi connectivity index (χ3v) is 2.65. The summed E-state index contributed by atoms with van der Waals surface area (Å²) in [5.41, 5.74) is 0.829. The lowest BCUT2D eigenvalue weighted by Crippen LogP contribution is -1.98. The molecule has 0 aliphatic rings. The Labute approximate surface area is 96.5 Å². The maximum Gasteiger partial charge on any atom is 0.162 e. The molecule has 82 valence electrons. The second-order valence-corrected chi connectivity index (χ2v) is 4.02. The van der Waals surface area contributed by atoms with Crippen molar-refractivity contribution in [1.29, 1.82) is 0 Å². The van der Waals surface area contributed by atoms with E-state index in [1.165, 1.54) is 0 Å². The van der Waals surface area contributed by atoms with E-state index in [4.69, 9.17) is 11.6 Å². The van der Waals surface area contributed by atoms with Crippen LogP contribution in [-0.4, -0.2) is 11.7 Å². The number of hydrogen-bond acceptors (Lipinski definition) is 1. The van der Waals surface area contributed by atoms with Crippen molar-refractivity contribution in [2.24, 2.45) is 0 Å². The van der Waals surface area contributed by atoms with Crippen LogP contribution in [0, 0.1) is 0 Å². The Hall–Kier alpha value is -0.820. The van der Waals surface area contributed by atoms with Gasteiger partial charge in [0.25, 0.3) is 0 Å². The molecule has 0 aliphatic heterocycles. The molecule has 1 rings (SSSR count). The number of halogens is 1. The molecule has 0 atom stereocenters. The van der Waals surface area contributed by atoms with E-state index < -0.39 is 0 Å². The third kappa shape index (κ3) is 4.98. The van der Waals surface area contributed by atoms with Crippen molar-refractivity contribution in [3.63, 3.8) is 0 Å². The van der Waals surface area contributed by atoms with E-state index in [9.17, 15) is 4.79 Å². The zero-order valence-corrected chi connectivity index (χ0v) is 9.67. The SMILES string of the molecule is O=C(CCCCCCCl)c1ccccc1. The zero-order chi connectivity index (χ0) is 10.9. The molecule has 0 amide bonds. The molecule has 1 nitrogen and oxygen atoms in total. The van der Waals surface area contributed by atoms with Gasteiger partial charge in [0.2, 0.25) is 0 Å². The molecule has 0 aliphatic carbocycles. The highest BCUT2D eigenvalue weighted by Gasteiger charge is 2.03. The number of unbranched alkanes of at least 4 members (excludes halogenated alkanes) is 3. The van der Waals surface area contributed by atoms with Gasteiger partial charge in [-0.05, 0) is 12.8 Å². The maximum atomic E-state index is 11.7. The normalized spacial score (nSPS) is 10.2. The summed E-state index contributed by atoms with van der Waals surface area (Å²) in [6.45, 7) is 0. The van der Waals surface area contributed by atoms with Crippen LogP contribution in [-0.2, 0) is 0 Å². The summed E-state index contributed by atoms with van der Waals surface area (Å²) in [5.74, 6) is 0.980. The fourth-order valence-electron chi connectivity index (χ4n) is 1.50. The van der Waals surface area contributed by atoms with Gasteiger partial charge >= 0.3 is 0 Å². The van der Waals surface area contributed by atoms with E-state index in [1.807, 2.05) is 30.3 Å². The van der Waals surface area contributed by atoms with Crippen LogP contribution in [0.15, 0.2) is 30.3 Å². The van der Waals surface area contributed by atoms with Crippen LogP contribution < -0.4 is 0 Å². The topological polar surface area (TPSA) is 17.1 Å². The first-order valence-electron chi connectivity index (χ1n) is 5.49. The molecule has 15 heavy (non-hydrogen) atoms. The summed E-state index contributed by atoms with van der Waals surface area (Å²) in [7, 11) is 0. The van der Waals surface area contributed by atoms with E-state index in [-0.39, 0.29) is 5.78 Å². The number of carbonyl (C=O) groups excluding carboxylic acids is 1. The van der Waals surface area contributed by atoms with Gasteiger partial charge < -0.3 is 0 Å². The average molecular weight is 225 g/mol. The Morgan fingerprint density at radius 1 is 1.00 bits per heavy atom. The number of rotatable bonds is 7. The fourth-order valence-corrected chi connectivity index (χ4v) is 1.69. The highest BCUT2D eigenvalue weighted by atomic mass is 35.5. The molecule has 0 spiro atoms. The van der Waals surface area contributed by atoms with Crippen LogP contribution in [0.25, 0.3) is 0 Å². The summed E-state index contributed by atoms with van der Waals surface area (Å²) in [6.07, 6.45) is 4.93. The molecule has 0 bridgehead atoms. The Kier molecular flexibility index (Phi) is 6.10. The maximum absolute atomic E-state index is 11.7. The summed E-state index contributed by atoms with van der Waals surface area (Å²) in [4.78, 5) is 11.7. The number of ketones is 1. The number of alkyl halides is 1. The van der Waals surface area contributed by atoms with Gasteiger partial charge in [-0.15, -0.1) is 11.6 Å². The van der Waals surface area contributed by atoms with Gasteiger partial charge in [-0.3, -0.25) is 4.79 Å². The number of hydrogen-bond donors (Lipinski definition) is 0. The monoisotopic (exact) mass is 224 g/mol. The molecule has 0 saturated carbocycles. The van der Waals surface area contributed by atoms with Crippen molar-refractivity contribution < 1.29 is 4.79 Å². The van der Waals surface area contributed by atoms with E-state index >= 15 is 0 Å². The minimum absolute atomic E-state index is 0.251. The highest BCUT2D eigenvalue weighted by molar-refractivity contribution is 6.17. The standard InChI is InChI=1S/C13H17ClO/c14-11-7-2-1-6-10-13(15)12-8-4-3-5-9-12/h3-5,8-9H,1-2,6-7,10-11H2. The van der Waals surface area contributed by atoms with Crippen LogP contribution >= 0.6 is 11.6 Å². The average Bonchev–Trinajstić information content (AvgIpc) is 2.30. The molecule has 1 aromatic carbocycles. The van der Waals surface area contributed by atoms with Gasteiger partial charge in [-0.25, -0.2) is 0 Å². The lowest BCUT2D eigenvalue weighted by atomic mass is 10.0. The van der Waals surface area contributed by atoms with Crippen LogP contribution in [0.4, 0.5) is 0 Å². The first kappa shape index (κ1) is 12.3. The lowest BCUT2D eigenvalue weighted by Gasteiger charge is -2.00. The first-order chi connectivity index (χ1) is 7.34. The molecule has 0 unspecified atom stereocenters. The summed E-state index contributed by atoms with van der Waals surface area (Å²) >= 11 is 5.57. The van der Waals surface area contributed by atoms with Crippen LogP contribution in [0.1, 0.15) is 42.5 Å². The first-order valence-corrected chi connectivity index (χ1v) is 6.02. The van der Waals surface area contributed by atoms with E-state index in [2.05, 4.69) is 0 Å². The van der Waals surface area contributed by atoms with Crippen molar-refractivity contribution in [1.82, 2.24) is 0 Å². The minimum atomic E-state index is 0.251. The molecule has 0 aromatic heterocycles. The van der Waals surface area contributed by atoms with Crippen LogP contribution in [0.3, 0.4) is 0 Å². The summed E-state index contributed by atoms with van der Waals surface area (Å²) in [6, 6.07) is 9.49.